The summed E-state index contributed by atoms with van der Waals surface area (Å²) in [6.45, 7) is 6.84. The van der Waals surface area contributed by atoms with Crippen molar-refractivity contribution in [1.82, 2.24) is 15.1 Å². The van der Waals surface area contributed by atoms with Crippen LogP contribution in [-0.4, -0.2) is 54.3 Å². The van der Waals surface area contributed by atoms with E-state index in [9.17, 15) is 9.59 Å². The van der Waals surface area contributed by atoms with Crippen molar-refractivity contribution in [3.8, 4) is 11.1 Å². The number of rotatable bonds is 5. The van der Waals surface area contributed by atoms with Gasteiger partial charge in [-0.3, -0.25) is 14.5 Å². The minimum absolute atomic E-state index is 0.0194. The Labute approximate surface area is 161 Å². The number of carbonyl (C=O) groups excluding carboxylic acids is 2. The van der Waals surface area contributed by atoms with Crippen molar-refractivity contribution in [3.05, 3.63) is 60.2 Å². The van der Waals surface area contributed by atoms with Crippen LogP contribution in [0.4, 0.5) is 0 Å². The Morgan fingerprint density at radius 3 is 2.11 bits per heavy atom. The molecule has 1 aliphatic rings. The van der Waals surface area contributed by atoms with Crippen molar-refractivity contribution in [2.75, 3.05) is 32.7 Å². The summed E-state index contributed by atoms with van der Waals surface area (Å²) in [5.74, 6) is 0.123. The van der Waals surface area contributed by atoms with Gasteiger partial charge in [-0.2, -0.15) is 0 Å². The van der Waals surface area contributed by atoms with Crippen LogP contribution >= 0.6 is 0 Å². The third-order valence-corrected chi connectivity index (χ3v) is 5.08. The van der Waals surface area contributed by atoms with Crippen molar-refractivity contribution < 1.29 is 9.59 Å². The highest BCUT2D eigenvalue weighted by Crippen LogP contribution is 2.21. The fourth-order valence-corrected chi connectivity index (χ4v) is 3.39. The highest BCUT2D eigenvalue weighted by Gasteiger charge is 2.21. The van der Waals surface area contributed by atoms with Crippen LogP contribution < -0.4 is 5.32 Å². The van der Waals surface area contributed by atoms with Crippen molar-refractivity contribution in [2.24, 2.45) is 0 Å². The molecule has 3 rings (SSSR count). The topological polar surface area (TPSA) is 52.7 Å². The molecule has 1 unspecified atom stereocenters. The lowest BCUT2D eigenvalue weighted by Crippen LogP contribution is -2.50. The molecule has 1 atom stereocenters. The largest absolute Gasteiger partial charge is 0.348 e. The zero-order valence-electron chi connectivity index (χ0n) is 16.0. The molecule has 2 aromatic carbocycles. The standard InChI is InChI=1S/C22H27N3O2/c1-17(19-8-10-21(11-9-19)20-6-4-3-5-7-20)23-22(27)16-24-12-14-25(15-13-24)18(2)26/h3-11,17H,12-16H2,1-2H3,(H,23,27). The molecule has 0 spiro atoms. The van der Waals surface area contributed by atoms with Gasteiger partial charge >= 0.3 is 0 Å². The predicted octanol–water partition coefficient (Wildman–Crippen LogP) is 2.69. The summed E-state index contributed by atoms with van der Waals surface area (Å²) < 4.78 is 0. The predicted molar refractivity (Wildman–Crippen MR) is 107 cm³/mol. The van der Waals surface area contributed by atoms with Crippen LogP contribution in [0.15, 0.2) is 54.6 Å². The molecule has 1 N–H and O–H groups in total. The van der Waals surface area contributed by atoms with Gasteiger partial charge in [-0.05, 0) is 23.6 Å². The summed E-state index contributed by atoms with van der Waals surface area (Å²) in [6.07, 6.45) is 0. The second-order valence-electron chi connectivity index (χ2n) is 7.06. The van der Waals surface area contributed by atoms with E-state index >= 15 is 0 Å². The first-order chi connectivity index (χ1) is 13.0. The monoisotopic (exact) mass is 365 g/mol. The van der Waals surface area contributed by atoms with Crippen molar-refractivity contribution in [2.45, 2.75) is 19.9 Å². The lowest BCUT2D eigenvalue weighted by molar-refractivity contribution is -0.131. The lowest BCUT2D eigenvalue weighted by Gasteiger charge is -2.33. The van der Waals surface area contributed by atoms with E-state index in [1.165, 1.54) is 11.1 Å². The molecule has 0 saturated carbocycles. The average Bonchev–Trinajstić information content (AvgIpc) is 2.69. The Hall–Kier alpha value is -2.66. The van der Waals surface area contributed by atoms with Crippen LogP contribution in [0.25, 0.3) is 11.1 Å². The molecule has 5 nitrogen and oxygen atoms in total. The molecule has 1 heterocycles. The second kappa shape index (κ2) is 8.82. The fourth-order valence-electron chi connectivity index (χ4n) is 3.39. The highest BCUT2D eigenvalue weighted by atomic mass is 16.2. The number of nitrogens with one attached hydrogen (secondary N) is 1. The van der Waals surface area contributed by atoms with Gasteiger partial charge in [-0.1, -0.05) is 54.6 Å². The molecular formula is C22H27N3O2. The van der Waals surface area contributed by atoms with Crippen molar-refractivity contribution >= 4 is 11.8 Å². The number of benzene rings is 2. The molecule has 2 amide bonds. The molecule has 1 fully saturated rings. The molecular weight excluding hydrogens is 338 g/mol. The van der Waals surface area contributed by atoms with Crippen LogP contribution in [-0.2, 0) is 9.59 Å². The van der Waals surface area contributed by atoms with E-state index in [0.717, 1.165) is 18.7 Å². The number of hydrogen-bond acceptors (Lipinski definition) is 3. The van der Waals surface area contributed by atoms with Gasteiger partial charge in [0.05, 0.1) is 12.6 Å². The first-order valence-electron chi connectivity index (χ1n) is 9.45. The summed E-state index contributed by atoms with van der Waals surface area (Å²) in [5.41, 5.74) is 3.44. The quantitative estimate of drug-likeness (QED) is 0.886. The molecule has 0 radical (unpaired) electrons. The first kappa shape index (κ1) is 19.1. The molecule has 142 valence electrons. The summed E-state index contributed by atoms with van der Waals surface area (Å²) >= 11 is 0. The zero-order valence-corrected chi connectivity index (χ0v) is 16.0. The minimum Gasteiger partial charge on any atom is -0.348 e. The molecule has 5 heteroatoms. The van der Waals surface area contributed by atoms with Gasteiger partial charge in [-0.15, -0.1) is 0 Å². The van der Waals surface area contributed by atoms with Gasteiger partial charge in [-0.25, -0.2) is 0 Å². The van der Waals surface area contributed by atoms with Crippen LogP contribution in [0.3, 0.4) is 0 Å². The fraction of sp³-hybridized carbons (Fsp3) is 0.364. The van der Waals surface area contributed by atoms with Crippen LogP contribution in [0.1, 0.15) is 25.5 Å². The minimum atomic E-state index is -0.0409. The smallest absolute Gasteiger partial charge is 0.234 e. The van der Waals surface area contributed by atoms with Gasteiger partial charge in [0.25, 0.3) is 0 Å². The second-order valence-corrected chi connectivity index (χ2v) is 7.06. The van der Waals surface area contributed by atoms with Gasteiger partial charge in [0.1, 0.15) is 0 Å². The third-order valence-electron chi connectivity index (χ3n) is 5.08. The maximum absolute atomic E-state index is 12.4. The maximum Gasteiger partial charge on any atom is 0.234 e. The SMILES string of the molecule is CC(=O)N1CCN(CC(=O)NC(C)c2ccc(-c3ccccc3)cc2)CC1. The number of piperazine rings is 1. The van der Waals surface area contributed by atoms with Gasteiger partial charge in [0.15, 0.2) is 0 Å². The van der Waals surface area contributed by atoms with Crippen LogP contribution in [0.5, 0.6) is 0 Å². The number of amides is 2. The Balaban J connectivity index is 1.50. The third kappa shape index (κ3) is 5.17. The first-order valence-corrected chi connectivity index (χ1v) is 9.45. The normalized spacial score (nSPS) is 16.0. The summed E-state index contributed by atoms with van der Waals surface area (Å²) in [6, 6.07) is 18.5. The summed E-state index contributed by atoms with van der Waals surface area (Å²) in [5, 5.41) is 3.08. The Morgan fingerprint density at radius 1 is 0.926 bits per heavy atom. The molecule has 2 aromatic rings. The molecule has 0 aromatic heterocycles. The maximum atomic E-state index is 12.4. The number of nitrogens with zero attached hydrogens (tertiary/aromatic N) is 2. The number of hydrogen-bond donors (Lipinski definition) is 1. The van der Waals surface area contributed by atoms with Gasteiger partial charge < -0.3 is 10.2 Å². The van der Waals surface area contributed by atoms with E-state index in [-0.39, 0.29) is 17.9 Å². The summed E-state index contributed by atoms with van der Waals surface area (Å²) in [7, 11) is 0. The van der Waals surface area contributed by atoms with E-state index in [1.807, 2.05) is 30.0 Å². The molecule has 0 aliphatic carbocycles. The lowest BCUT2D eigenvalue weighted by atomic mass is 10.0. The van der Waals surface area contributed by atoms with Crippen molar-refractivity contribution in [1.29, 1.82) is 0 Å². The molecule has 27 heavy (non-hydrogen) atoms. The van der Waals surface area contributed by atoms with E-state index in [0.29, 0.717) is 19.6 Å². The van der Waals surface area contributed by atoms with Crippen LogP contribution in [0, 0.1) is 0 Å². The average molecular weight is 365 g/mol. The van der Waals surface area contributed by atoms with E-state index in [1.54, 1.807) is 6.92 Å². The van der Waals surface area contributed by atoms with Gasteiger partial charge in [0.2, 0.25) is 11.8 Å². The van der Waals surface area contributed by atoms with Crippen LogP contribution in [0.2, 0.25) is 0 Å². The molecule has 1 saturated heterocycles. The Kier molecular flexibility index (Phi) is 6.24. The van der Waals surface area contributed by atoms with Gasteiger partial charge in [0, 0.05) is 33.1 Å². The molecule has 0 bridgehead atoms. The number of carbonyl (C=O) groups is 2. The Morgan fingerprint density at radius 2 is 1.52 bits per heavy atom. The Bertz CT molecular complexity index is 766. The molecule has 1 aliphatic heterocycles. The summed E-state index contributed by atoms with van der Waals surface area (Å²) in [4.78, 5) is 27.7. The van der Waals surface area contributed by atoms with E-state index in [2.05, 4.69) is 46.6 Å². The van der Waals surface area contributed by atoms with Crippen molar-refractivity contribution in [3.63, 3.8) is 0 Å². The zero-order chi connectivity index (χ0) is 19.2. The van der Waals surface area contributed by atoms with E-state index < -0.39 is 0 Å². The highest BCUT2D eigenvalue weighted by molar-refractivity contribution is 5.78. The van der Waals surface area contributed by atoms with E-state index in [4.69, 9.17) is 0 Å².